The number of hydrogen-bond donors (Lipinski definition) is 3. The van der Waals surface area contributed by atoms with E-state index >= 15 is 0 Å². The number of amides is 1. The zero-order valence-electron chi connectivity index (χ0n) is 19.2. The highest BCUT2D eigenvalue weighted by Gasteiger charge is 2.30. The third kappa shape index (κ3) is 5.80. The number of nitrogens with one attached hydrogen (secondary N) is 2. The highest BCUT2D eigenvalue weighted by Crippen LogP contribution is 2.34. The van der Waals surface area contributed by atoms with Gasteiger partial charge in [-0.1, -0.05) is 19.3 Å². The number of carbonyl (C=O) groups excluding carboxylic acids is 2. The highest BCUT2D eigenvalue weighted by atomic mass is 16.5. The van der Waals surface area contributed by atoms with Crippen molar-refractivity contribution < 1.29 is 14.3 Å². The predicted octanol–water partition coefficient (Wildman–Crippen LogP) is 4.77. The minimum absolute atomic E-state index is 0.0578. The molecule has 2 fully saturated rings. The Balaban J connectivity index is 1.33. The summed E-state index contributed by atoms with van der Waals surface area (Å²) in [5.74, 6) is 1.18. The number of nitrogens with zero attached hydrogens (tertiary/aromatic N) is 2. The molecule has 0 spiro atoms. The average molecular weight is 452 g/mol. The van der Waals surface area contributed by atoms with Crippen LogP contribution in [0.1, 0.15) is 69.4 Å². The van der Waals surface area contributed by atoms with Gasteiger partial charge in [-0.2, -0.15) is 0 Å². The van der Waals surface area contributed by atoms with Gasteiger partial charge in [-0.15, -0.1) is 0 Å². The second-order valence-electron chi connectivity index (χ2n) is 9.13. The Bertz CT molecular complexity index is 965. The first kappa shape index (κ1) is 23.0. The largest absolute Gasteiger partial charge is 0.469 e. The summed E-state index contributed by atoms with van der Waals surface area (Å²) in [5.41, 5.74) is 8.59. The van der Waals surface area contributed by atoms with Gasteiger partial charge in [0.2, 0.25) is 5.91 Å². The molecule has 2 heterocycles. The van der Waals surface area contributed by atoms with E-state index in [1.165, 1.54) is 39.2 Å². The van der Waals surface area contributed by atoms with Gasteiger partial charge in [-0.05, 0) is 62.8 Å². The van der Waals surface area contributed by atoms with Gasteiger partial charge in [0.25, 0.3) is 0 Å². The molecule has 4 N–H and O–H groups in total. The summed E-state index contributed by atoms with van der Waals surface area (Å²) in [6.45, 7) is 0. The molecule has 8 nitrogen and oxygen atoms in total. The molecule has 0 radical (unpaired) electrons. The molecule has 2 aromatic rings. The maximum absolute atomic E-state index is 12.6. The van der Waals surface area contributed by atoms with E-state index in [2.05, 4.69) is 15.6 Å². The van der Waals surface area contributed by atoms with E-state index in [0.29, 0.717) is 48.9 Å². The second-order valence-corrected chi connectivity index (χ2v) is 9.13. The molecule has 2 aliphatic rings. The van der Waals surface area contributed by atoms with Crippen LogP contribution in [0.3, 0.4) is 0 Å². The molecule has 4 rings (SSSR count). The Morgan fingerprint density at radius 3 is 2.36 bits per heavy atom. The van der Waals surface area contributed by atoms with Gasteiger partial charge in [-0.25, -0.2) is 9.97 Å². The molecule has 8 heteroatoms. The van der Waals surface area contributed by atoms with Crippen LogP contribution >= 0.6 is 0 Å². The molecule has 0 unspecified atom stereocenters. The first-order valence-electron chi connectivity index (χ1n) is 11.9. The lowest BCUT2D eigenvalue weighted by Crippen LogP contribution is -2.30. The number of methoxy groups -OCH3 is 1. The Morgan fingerprint density at radius 1 is 0.970 bits per heavy atom. The van der Waals surface area contributed by atoms with Gasteiger partial charge in [0.15, 0.2) is 5.82 Å². The van der Waals surface area contributed by atoms with E-state index in [1.807, 2.05) is 18.2 Å². The number of nitrogen functional groups attached to an aromatic ring is 1. The molecular weight excluding hydrogens is 418 g/mol. The van der Waals surface area contributed by atoms with Crippen LogP contribution < -0.4 is 16.4 Å². The van der Waals surface area contributed by atoms with Crippen molar-refractivity contribution in [2.24, 2.45) is 11.8 Å². The number of pyridine rings is 2. The molecular formula is C25H33N5O3. The van der Waals surface area contributed by atoms with E-state index in [4.69, 9.17) is 15.5 Å². The zero-order chi connectivity index (χ0) is 23.2. The van der Waals surface area contributed by atoms with Gasteiger partial charge in [0.05, 0.1) is 30.6 Å². The normalized spacial score (nSPS) is 21.2. The van der Waals surface area contributed by atoms with Crippen molar-refractivity contribution in [3.05, 3.63) is 36.2 Å². The van der Waals surface area contributed by atoms with E-state index in [9.17, 15) is 9.59 Å². The topological polar surface area (TPSA) is 119 Å². The van der Waals surface area contributed by atoms with Crippen molar-refractivity contribution in [1.29, 1.82) is 0 Å². The van der Waals surface area contributed by atoms with Crippen molar-refractivity contribution in [2.75, 3.05) is 23.5 Å². The molecule has 0 atom stereocenters. The third-order valence-electron chi connectivity index (χ3n) is 6.88. The zero-order valence-corrected chi connectivity index (χ0v) is 19.2. The molecule has 33 heavy (non-hydrogen) atoms. The van der Waals surface area contributed by atoms with Crippen molar-refractivity contribution in [2.45, 2.75) is 63.7 Å². The fourth-order valence-corrected chi connectivity index (χ4v) is 4.88. The van der Waals surface area contributed by atoms with Crippen molar-refractivity contribution in [1.82, 2.24) is 9.97 Å². The molecule has 0 aliphatic heterocycles. The smallest absolute Gasteiger partial charge is 0.308 e. The first-order chi connectivity index (χ1) is 16.0. The van der Waals surface area contributed by atoms with Crippen LogP contribution in [0.2, 0.25) is 0 Å². The summed E-state index contributed by atoms with van der Waals surface area (Å²) in [6.07, 6.45) is 10.5. The quantitative estimate of drug-likeness (QED) is 0.541. The SMILES string of the molecule is COC(=O)C1CCC(C(=O)Nc2ccc(Nc3nc(C4CCCCC4)ccc3N)cn2)CC1. The van der Waals surface area contributed by atoms with Crippen molar-refractivity contribution >= 4 is 34.9 Å². The molecule has 2 aromatic heterocycles. The van der Waals surface area contributed by atoms with Gasteiger partial charge in [0.1, 0.15) is 5.82 Å². The summed E-state index contributed by atoms with van der Waals surface area (Å²) in [5, 5.41) is 6.15. The van der Waals surface area contributed by atoms with E-state index < -0.39 is 0 Å². The monoisotopic (exact) mass is 451 g/mol. The minimum Gasteiger partial charge on any atom is -0.469 e. The van der Waals surface area contributed by atoms with Crippen LogP contribution in [0.5, 0.6) is 0 Å². The lowest BCUT2D eigenvalue weighted by Gasteiger charge is -2.25. The number of rotatable bonds is 6. The summed E-state index contributed by atoms with van der Waals surface area (Å²) in [6, 6.07) is 7.56. The van der Waals surface area contributed by atoms with Crippen LogP contribution in [-0.4, -0.2) is 29.0 Å². The fourth-order valence-electron chi connectivity index (χ4n) is 4.88. The van der Waals surface area contributed by atoms with Gasteiger partial charge in [-0.3, -0.25) is 9.59 Å². The van der Waals surface area contributed by atoms with Gasteiger partial charge >= 0.3 is 5.97 Å². The van der Waals surface area contributed by atoms with Crippen LogP contribution in [0.25, 0.3) is 0 Å². The summed E-state index contributed by atoms with van der Waals surface area (Å²) in [4.78, 5) is 33.4. The maximum atomic E-state index is 12.6. The fraction of sp³-hybridized carbons (Fsp3) is 0.520. The first-order valence-corrected chi connectivity index (χ1v) is 11.9. The van der Waals surface area contributed by atoms with Crippen LogP contribution in [0, 0.1) is 11.8 Å². The lowest BCUT2D eigenvalue weighted by molar-refractivity contribution is -0.147. The number of nitrogens with two attached hydrogens (primary N) is 1. The van der Waals surface area contributed by atoms with E-state index in [-0.39, 0.29) is 23.7 Å². The Hall–Kier alpha value is -3.16. The number of esters is 1. The molecule has 0 saturated heterocycles. The number of hydrogen-bond acceptors (Lipinski definition) is 7. The average Bonchev–Trinajstić information content (AvgIpc) is 2.86. The Morgan fingerprint density at radius 2 is 1.70 bits per heavy atom. The second kappa shape index (κ2) is 10.6. The lowest BCUT2D eigenvalue weighted by atomic mass is 9.81. The standard InChI is InChI=1S/C25H33N5O3/c1-33-25(32)18-9-7-17(8-10-18)24(31)30-22-14-11-19(15-27-22)28-23-20(26)12-13-21(29-23)16-5-3-2-4-6-16/h11-18H,2-10,26H2,1H3,(H,28,29)(H,27,30,31). The highest BCUT2D eigenvalue weighted by molar-refractivity contribution is 5.92. The Kier molecular flexibility index (Phi) is 7.42. The molecule has 176 valence electrons. The number of aromatic nitrogens is 2. The van der Waals surface area contributed by atoms with Crippen molar-refractivity contribution in [3.8, 4) is 0 Å². The number of ether oxygens (including phenoxy) is 1. The molecule has 2 saturated carbocycles. The van der Waals surface area contributed by atoms with E-state index in [0.717, 1.165) is 11.4 Å². The predicted molar refractivity (Wildman–Crippen MR) is 128 cm³/mol. The van der Waals surface area contributed by atoms with Crippen molar-refractivity contribution in [3.63, 3.8) is 0 Å². The molecule has 0 bridgehead atoms. The maximum Gasteiger partial charge on any atom is 0.308 e. The third-order valence-corrected chi connectivity index (χ3v) is 6.88. The van der Waals surface area contributed by atoms with Gasteiger partial charge in [0, 0.05) is 17.5 Å². The molecule has 0 aromatic carbocycles. The molecule has 1 amide bonds. The van der Waals surface area contributed by atoms with Crippen LogP contribution in [-0.2, 0) is 14.3 Å². The minimum atomic E-state index is -0.182. The summed E-state index contributed by atoms with van der Waals surface area (Å²) in [7, 11) is 1.41. The van der Waals surface area contributed by atoms with Crippen LogP contribution in [0.4, 0.5) is 23.0 Å². The number of carbonyl (C=O) groups is 2. The summed E-state index contributed by atoms with van der Waals surface area (Å²) < 4.78 is 4.81. The summed E-state index contributed by atoms with van der Waals surface area (Å²) >= 11 is 0. The number of anilines is 4. The Labute approximate surface area is 194 Å². The molecule has 2 aliphatic carbocycles. The van der Waals surface area contributed by atoms with Gasteiger partial charge < -0.3 is 21.1 Å². The van der Waals surface area contributed by atoms with E-state index in [1.54, 1.807) is 12.3 Å². The van der Waals surface area contributed by atoms with Crippen LogP contribution in [0.15, 0.2) is 30.5 Å².